The van der Waals surface area contributed by atoms with Gasteiger partial charge in [-0.3, -0.25) is 0 Å². The summed E-state index contributed by atoms with van der Waals surface area (Å²) in [5.41, 5.74) is -0.757. The molecule has 4 nitrogen and oxygen atoms in total. The fourth-order valence-corrected chi connectivity index (χ4v) is 1.88. The summed E-state index contributed by atoms with van der Waals surface area (Å²) >= 11 is 0. The van der Waals surface area contributed by atoms with Crippen molar-refractivity contribution in [1.82, 2.24) is 10.2 Å². The van der Waals surface area contributed by atoms with Gasteiger partial charge in [-0.05, 0) is 20.8 Å². The highest BCUT2D eigenvalue weighted by molar-refractivity contribution is 5.68. The molecule has 0 bridgehead atoms. The van der Waals surface area contributed by atoms with Crippen LogP contribution in [0.5, 0.6) is 0 Å². The van der Waals surface area contributed by atoms with Crippen molar-refractivity contribution in [2.45, 2.75) is 50.9 Å². The molecule has 1 heterocycles. The van der Waals surface area contributed by atoms with Gasteiger partial charge in [0.1, 0.15) is 5.60 Å². The van der Waals surface area contributed by atoms with Gasteiger partial charge < -0.3 is 15.0 Å². The molecule has 0 spiro atoms. The summed E-state index contributed by atoms with van der Waals surface area (Å²) in [5.74, 6) is -4.79. The largest absolute Gasteiger partial charge is 0.453 e. The lowest BCUT2D eigenvalue weighted by molar-refractivity contribution is -0.286. The Morgan fingerprint density at radius 2 is 1.81 bits per heavy atom. The van der Waals surface area contributed by atoms with Gasteiger partial charge in [0, 0.05) is 32.1 Å². The van der Waals surface area contributed by atoms with Crippen molar-refractivity contribution in [2.75, 3.05) is 19.6 Å². The Kier molecular flexibility index (Phi) is 5.07. The van der Waals surface area contributed by atoms with Crippen LogP contribution < -0.4 is 5.32 Å². The Bertz CT molecular complexity index is 379. The van der Waals surface area contributed by atoms with Gasteiger partial charge in [-0.2, -0.15) is 22.0 Å². The van der Waals surface area contributed by atoms with E-state index in [2.05, 4.69) is 5.32 Å². The summed E-state index contributed by atoms with van der Waals surface area (Å²) in [6, 6.07) is -1.14. The molecule has 1 atom stereocenters. The van der Waals surface area contributed by atoms with E-state index in [-0.39, 0.29) is 19.6 Å². The number of carbonyl (C=O) groups is 1. The van der Waals surface area contributed by atoms with Crippen molar-refractivity contribution in [2.24, 2.45) is 0 Å². The second kappa shape index (κ2) is 5.94. The molecule has 1 fully saturated rings. The zero-order valence-corrected chi connectivity index (χ0v) is 12.1. The molecule has 1 N–H and O–H groups in total. The number of piperazine rings is 1. The topological polar surface area (TPSA) is 41.6 Å². The first-order valence-corrected chi connectivity index (χ1v) is 6.48. The lowest BCUT2D eigenvalue weighted by Crippen LogP contribution is -2.56. The highest BCUT2D eigenvalue weighted by Gasteiger charge is 2.58. The van der Waals surface area contributed by atoms with Gasteiger partial charge >= 0.3 is 18.2 Å². The highest BCUT2D eigenvalue weighted by atomic mass is 19.4. The molecule has 0 radical (unpaired) electrons. The van der Waals surface area contributed by atoms with Crippen molar-refractivity contribution < 1.29 is 31.5 Å². The third-order valence-electron chi connectivity index (χ3n) is 2.82. The lowest BCUT2D eigenvalue weighted by atomic mass is 10.1. The van der Waals surface area contributed by atoms with Crippen molar-refractivity contribution >= 4 is 6.09 Å². The number of nitrogens with one attached hydrogen (secondary N) is 1. The molecule has 1 rings (SSSR count). The van der Waals surface area contributed by atoms with E-state index in [1.54, 1.807) is 20.8 Å². The molecule has 0 aromatic carbocycles. The maximum atomic E-state index is 13.0. The number of rotatable bonds is 2. The summed E-state index contributed by atoms with van der Waals surface area (Å²) in [5, 5.41) is 2.57. The molecular weight excluding hydrogens is 299 g/mol. The maximum absolute atomic E-state index is 13.0. The molecule has 0 saturated carbocycles. The predicted molar refractivity (Wildman–Crippen MR) is 65.2 cm³/mol. The van der Waals surface area contributed by atoms with Crippen LogP contribution in [0.4, 0.5) is 26.7 Å². The van der Waals surface area contributed by atoms with Gasteiger partial charge in [0.15, 0.2) is 0 Å². The van der Waals surface area contributed by atoms with Gasteiger partial charge in [0.05, 0.1) is 0 Å². The van der Waals surface area contributed by atoms with E-state index in [1.807, 2.05) is 0 Å². The van der Waals surface area contributed by atoms with E-state index in [1.165, 1.54) is 0 Å². The molecule has 1 aliphatic rings. The minimum Gasteiger partial charge on any atom is -0.444 e. The lowest BCUT2D eigenvalue weighted by Gasteiger charge is -2.36. The molecule has 21 heavy (non-hydrogen) atoms. The summed E-state index contributed by atoms with van der Waals surface area (Å²) < 4.78 is 67.7. The predicted octanol–water partition coefficient (Wildman–Crippen LogP) is 2.78. The normalized spacial score (nSPS) is 21.3. The molecule has 1 unspecified atom stereocenters. The van der Waals surface area contributed by atoms with Crippen LogP contribution in [0.15, 0.2) is 0 Å². The fourth-order valence-electron chi connectivity index (χ4n) is 1.88. The number of carbonyl (C=O) groups excluding carboxylic acids is 1. The zero-order chi connectivity index (χ0) is 16.5. The third kappa shape index (κ3) is 5.29. The Hall–Kier alpha value is -1.12. The van der Waals surface area contributed by atoms with E-state index in [4.69, 9.17) is 4.74 Å². The van der Waals surface area contributed by atoms with Crippen LogP contribution in [0.1, 0.15) is 27.2 Å². The maximum Gasteiger partial charge on any atom is 0.453 e. The summed E-state index contributed by atoms with van der Waals surface area (Å²) in [4.78, 5) is 12.9. The molecule has 1 amide bonds. The number of hydrogen-bond acceptors (Lipinski definition) is 3. The van der Waals surface area contributed by atoms with Gasteiger partial charge in [-0.25, -0.2) is 4.79 Å². The number of nitrogens with zero attached hydrogens (tertiary/aromatic N) is 1. The monoisotopic (exact) mass is 318 g/mol. The molecule has 0 aromatic rings. The molecule has 1 aliphatic heterocycles. The van der Waals surface area contributed by atoms with Crippen LogP contribution in [-0.4, -0.2) is 54.4 Å². The van der Waals surface area contributed by atoms with Crippen LogP contribution >= 0.6 is 0 Å². The number of alkyl halides is 5. The SMILES string of the molecule is CC(C)(C)OC(=O)N1CCNC(CC(F)(F)C(F)(F)F)C1. The van der Waals surface area contributed by atoms with E-state index in [9.17, 15) is 26.7 Å². The van der Waals surface area contributed by atoms with Gasteiger partial charge in [-0.15, -0.1) is 0 Å². The highest BCUT2D eigenvalue weighted by Crippen LogP contribution is 2.39. The first kappa shape index (κ1) is 17.9. The molecule has 124 valence electrons. The summed E-state index contributed by atoms with van der Waals surface area (Å²) in [6.07, 6.45) is -7.72. The van der Waals surface area contributed by atoms with Crippen LogP contribution in [0.25, 0.3) is 0 Å². The first-order valence-electron chi connectivity index (χ1n) is 6.48. The minimum absolute atomic E-state index is 0.137. The molecule has 0 aliphatic carbocycles. The molecule has 9 heteroatoms. The molecule has 0 aromatic heterocycles. The van der Waals surface area contributed by atoms with Gasteiger partial charge in [-0.1, -0.05) is 0 Å². The number of hydrogen-bond donors (Lipinski definition) is 1. The van der Waals surface area contributed by atoms with E-state index in [0.29, 0.717) is 0 Å². The van der Waals surface area contributed by atoms with E-state index >= 15 is 0 Å². The number of ether oxygens (including phenoxy) is 1. The van der Waals surface area contributed by atoms with Gasteiger partial charge in [0.2, 0.25) is 0 Å². The second-order valence-electron chi connectivity index (χ2n) is 5.98. The Morgan fingerprint density at radius 1 is 1.24 bits per heavy atom. The van der Waals surface area contributed by atoms with Crippen LogP contribution in [0, 0.1) is 0 Å². The average Bonchev–Trinajstić information content (AvgIpc) is 2.24. The third-order valence-corrected chi connectivity index (χ3v) is 2.82. The van der Waals surface area contributed by atoms with Crippen molar-refractivity contribution in [3.8, 4) is 0 Å². The fraction of sp³-hybridized carbons (Fsp3) is 0.917. The smallest absolute Gasteiger partial charge is 0.444 e. The molecular formula is C12H19F5N2O2. The van der Waals surface area contributed by atoms with Gasteiger partial charge in [0.25, 0.3) is 0 Å². The van der Waals surface area contributed by atoms with Crippen LogP contribution in [0.3, 0.4) is 0 Å². The minimum atomic E-state index is -5.59. The van der Waals surface area contributed by atoms with Crippen molar-refractivity contribution in [1.29, 1.82) is 0 Å². The number of halogens is 5. The van der Waals surface area contributed by atoms with E-state index < -0.39 is 36.3 Å². The number of amides is 1. The Balaban J connectivity index is 2.63. The average molecular weight is 318 g/mol. The van der Waals surface area contributed by atoms with Crippen LogP contribution in [0.2, 0.25) is 0 Å². The Labute approximate surface area is 119 Å². The quantitative estimate of drug-likeness (QED) is 0.796. The second-order valence-corrected chi connectivity index (χ2v) is 5.98. The van der Waals surface area contributed by atoms with E-state index in [0.717, 1.165) is 4.90 Å². The molecule has 1 saturated heterocycles. The Morgan fingerprint density at radius 3 is 2.29 bits per heavy atom. The first-order chi connectivity index (χ1) is 9.32. The zero-order valence-electron chi connectivity index (χ0n) is 12.1. The van der Waals surface area contributed by atoms with Crippen molar-refractivity contribution in [3.05, 3.63) is 0 Å². The summed E-state index contributed by atoms with van der Waals surface area (Å²) in [6.45, 7) is 5.01. The van der Waals surface area contributed by atoms with Crippen LogP contribution in [-0.2, 0) is 4.74 Å². The summed E-state index contributed by atoms with van der Waals surface area (Å²) in [7, 11) is 0. The van der Waals surface area contributed by atoms with Crippen molar-refractivity contribution in [3.63, 3.8) is 0 Å². The standard InChI is InChI=1S/C12H19F5N2O2/c1-10(2,3)21-9(20)19-5-4-18-8(7-19)6-11(13,14)12(15,16)17/h8,18H,4-7H2,1-3H3.